The van der Waals surface area contributed by atoms with Crippen molar-refractivity contribution in [3.8, 4) is 0 Å². The molecular weight excluding hydrogens is 442 g/mol. The third kappa shape index (κ3) is 2.96. The molecule has 2 N–H and O–H groups in total. The van der Waals surface area contributed by atoms with Crippen LogP contribution in [0.25, 0.3) is 11.2 Å². The highest BCUT2D eigenvalue weighted by Crippen LogP contribution is 2.71. The molecular formula is C24H32ClN5O3. The van der Waals surface area contributed by atoms with Gasteiger partial charge in [-0.25, -0.2) is 4.98 Å². The van der Waals surface area contributed by atoms with Crippen LogP contribution >= 0.6 is 11.6 Å². The largest absolute Gasteiger partial charge is 0.396 e. The predicted octanol–water partition coefficient (Wildman–Crippen LogP) is 3.93. The molecule has 7 rings (SSSR count). The van der Waals surface area contributed by atoms with E-state index in [1.54, 1.807) is 0 Å². The molecule has 1 saturated heterocycles. The average Bonchev–Trinajstić information content (AvgIpc) is 2.97. The number of nitrogens with zero attached hydrogens (tertiary/aromatic N) is 4. The van der Waals surface area contributed by atoms with E-state index in [1.165, 1.54) is 38.5 Å². The minimum Gasteiger partial charge on any atom is -0.396 e. The van der Waals surface area contributed by atoms with E-state index in [0.29, 0.717) is 17.9 Å². The zero-order valence-electron chi connectivity index (χ0n) is 19.2. The van der Waals surface area contributed by atoms with Gasteiger partial charge >= 0.3 is 0 Å². The molecule has 0 radical (unpaired) electrons. The van der Waals surface area contributed by atoms with Crippen LogP contribution in [-0.2, 0) is 9.47 Å². The van der Waals surface area contributed by atoms with Gasteiger partial charge in [-0.2, -0.15) is 9.97 Å². The van der Waals surface area contributed by atoms with Gasteiger partial charge in [0.25, 0.3) is 0 Å². The molecule has 8 nitrogen and oxygen atoms in total. The van der Waals surface area contributed by atoms with Crippen molar-refractivity contribution in [3.63, 3.8) is 0 Å². The lowest BCUT2D eigenvalue weighted by molar-refractivity contribution is -0.163. The van der Waals surface area contributed by atoms with E-state index in [4.69, 9.17) is 26.1 Å². The van der Waals surface area contributed by atoms with Crippen molar-refractivity contribution < 1.29 is 14.6 Å². The maximum Gasteiger partial charge on any atom is 0.226 e. The summed E-state index contributed by atoms with van der Waals surface area (Å²) in [6.07, 6.45) is 10.3. The molecule has 0 amide bonds. The molecule has 2 aromatic rings. The van der Waals surface area contributed by atoms with Crippen LogP contribution in [0.15, 0.2) is 6.33 Å². The number of imidazole rings is 1. The van der Waals surface area contributed by atoms with E-state index >= 15 is 0 Å². The highest BCUT2D eigenvalue weighted by Gasteiger charge is 2.75. The summed E-state index contributed by atoms with van der Waals surface area (Å²) in [5.74, 6) is 1.76. The number of aromatic nitrogens is 4. The van der Waals surface area contributed by atoms with Crippen molar-refractivity contribution in [2.75, 3.05) is 11.9 Å². The number of hydrogen-bond acceptors (Lipinski definition) is 7. The Labute approximate surface area is 198 Å². The van der Waals surface area contributed by atoms with Crippen LogP contribution in [0.3, 0.4) is 0 Å². The van der Waals surface area contributed by atoms with Crippen LogP contribution in [0.4, 0.5) is 5.82 Å². The molecule has 2 aromatic heterocycles. The second-order valence-corrected chi connectivity index (χ2v) is 11.8. The summed E-state index contributed by atoms with van der Waals surface area (Å²) in [4.78, 5) is 14.0. The van der Waals surface area contributed by atoms with Crippen molar-refractivity contribution in [2.24, 2.45) is 23.2 Å². The van der Waals surface area contributed by atoms with Crippen molar-refractivity contribution in [2.45, 2.75) is 88.9 Å². The Balaban J connectivity index is 1.26. The van der Waals surface area contributed by atoms with Crippen LogP contribution in [-0.4, -0.2) is 55.3 Å². The summed E-state index contributed by atoms with van der Waals surface area (Å²) in [5.41, 5.74) is 1.26. The van der Waals surface area contributed by atoms with Gasteiger partial charge < -0.3 is 24.5 Å². The second kappa shape index (κ2) is 7.03. The number of halogens is 1. The molecule has 5 atom stereocenters. The van der Waals surface area contributed by atoms with Crippen LogP contribution < -0.4 is 5.32 Å². The lowest BCUT2D eigenvalue weighted by atomic mass is 9.68. The minimum absolute atomic E-state index is 0.00167. The van der Waals surface area contributed by atoms with Crippen molar-refractivity contribution in [1.82, 2.24) is 19.5 Å². The monoisotopic (exact) mass is 473 g/mol. The fourth-order valence-electron chi connectivity index (χ4n) is 7.06. The molecule has 33 heavy (non-hydrogen) atoms. The molecule has 0 aromatic carbocycles. The van der Waals surface area contributed by atoms with Gasteiger partial charge in [0.05, 0.1) is 25.1 Å². The number of fused-ring (bicyclic) bond motifs is 4. The third-order valence-electron chi connectivity index (χ3n) is 9.25. The maximum absolute atomic E-state index is 10.2. The molecule has 4 aliphatic carbocycles. The third-order valence-corrected chi connectivity index (χ3v) is 9.42. The number of nitrogens with one attached hydrogen (secondary N) is 1. The van der Waals surface area contributed by atoms with Gasteiger partial charge in [-0.05, 0) is 75.3 Å². The van der Waals surface area contributed by atoms with Crippen molar-refractivity contribution in [1.29, 1.82) is 0 Å². The number of rotatable bonds is 6. The van der Waals surface area contributed by atoms with Crippen molar-refractivity contribution >= 4 is 28.6 Å². The first-order valence-corrected chi connectivity index (χ1v) is 12.9. The van der Waals surface area contributed by atoms with Gasteiger partial charge in [0.15, 0.2) is 22.8 Å². The first-order valence-electron chi connectivity index (χ1n) is 12.5. The van der Waals surface area contributed by atoms with E-state index in [1.807, 2.05) is 20.2 Å². The van der Waals surface area contributed by atoms with Gasteiger partial charge in [0.2, 0.25) is 5.28 Å². The van der Waals surface area contributed by atoms with E-state index < -0.39 is 5.79 Å². The standard InChI is InChI=1S/C24H32ClN5O3/c1-23(2)32-18-17(14-9-24(14,10-31)19(18)33-23)30-11-26-16-20(28-22(25)29-21(16)30)27-15(12-5-3-6-12)13-7-4-8-13/h11-15,17-19,31H,3-10H2,1-2H3,(H,27,28,29)/t14-,17-,18+,19+,24+/m1/s1. The zero-order valence-corrected chi connectivity index (χ0v) is 20.0. The Morgan fingerprint density at radius 1 is 1.18 bits per heavy atom. The summed E-state index contributed by atoms with van der Waals surface area (Å²) in [7, 11) is 0. The lowest BCUT2D eigenvalue weighted by Gasteiger charge is -2.43. The highest BCUT2D eigenvalue weighted by molar-refractivity contribution is 6.28. The maximum atomic E-state index is 10.2. The Hall–Kier alpha value is -1.48. The Bertz CT molecular complexity index is 1090. The van der Waals surface area contributed by atoms with Gasteiger partial charge in [0, 0.05) is 11.5 Å². The van der Waals surface area contributed by atoms with E-state index in [-0.39, 0.29) is 41.5 Å². The smallest absolute Gasteiger partial charge is 0.226 e. The molecule has 9 heteroatoms. The number of ether oxygens (including phenoxy) is 2. The average molecular weight is 474 g/mol. The van der Waals surface area contributed by atoms with E-state index in [2.05, 4.69) is 19.9 Å². The normalized spacial score (nSPS) is 37.1. The lowest BCUT2D eigenvalue weighted by Crippen LogP contribution is -2.42. The SMILES string of the molecule is CC1(C)O[C@H]2[C@H](n3cnc4c(NC(C5CCC5)C5CCC5)nc(Cl)nc43)[C@H]3C[C@@]3(CO)[C@H]2O1. The van der Waals surface area contributed by atoms with Crippen molar-refractivity contribution in [3.05, 3.63) is 11.6 Å². The zero-order chi connectivity index (χ0) is 22.5. The summed E-state index contributed by atoms with van der Waals surface area (Å²) in [6, 6.07) is 0.433. The number of hydrogen-bond donors (Lipinski definition) is 2. The number of aliphatic hydroxyl groups is 1. The Kier molecular flexibility index (Phi) is 4.44. The summed E-state index contributed by atoms with van der Waals surface area (Å²) in [5, 5.41) is 14.2. The van der Waals surface area contributed by atoms with Gasteiger partial charge in [-0.1, -0.05) is 12.8 Å². The van der Waals surface area contributed by atoms with Crippen LogP contribution in [0, 0.1) is 23.2 Å². The van der Waals surface area contributed by atoms with Crippen LogP contribution in [0.1, 0.15) is 64.8 Å². The summed E-state index contributed by atoms with van der Waals surface area (Å²) >= 11 is 6.46. The predicted molar refractivity (Wildman–Crippen MR) is 123 cm³/mol. The quantitative estimate of drug-likeness (QED) is 0.613. The topological polar surface area (TPSA) is 94.3 Å². The molecule has 178 valence electrons. The van der Waals surface area contributed by atoms with Crippen LogP contribution in [0.5, 0.6) is 0 Å². The second-order valence-electron chi connectivity index (χ2n) is 11.4. The summed E-state index contributed by atoms with van der Waals surface area (Å²) in [6.45, 7) is 3.99. The Morgan fingerprint density at radius 3 is 2.55 bits per heavy atom. The number of aliphatic hydroxyl groups excluding tert-OH is 1. The minimum atomic E-state index is -0.669. The highest BCUT2D eigenvalue weighted by atomic mass is 35.5. The molecule has 0 bridgehead atoms. The first-order chi connectivity index (χ1) is 15.9. The summed E-state index contributed by atoms with van der Waals surface area (Å²) < 4.78 is 14.7. The molecule has 5 fully saturated rings. The molecule has 4 saturated carbocycles. The van der Waals surface area contributed by atoms with E-state index in [0.717, 1.165) is 23.4 Å². The van der Waals surface area contributed by atoms with Gasteiger partial charge in [-0.3, -0.25) is 0 Å². The van der Waals surface area contributed by atoms with Crippen LogP contribution in [0.2, 0.25) is 5.28 Å². The molecule has 1 aliphatic heterocycles. The first kappa shape index (κ1) is 20.9. The molecule has 0 unspecified atom stereocenters. The Morgan fingerprint density at radius 2 is 1.91 bits per heavy atom. The fourth-order valence-corrected chi connectivity index (χ4v) is 7.22. The molecule has 5 aliphatic rings. The molecule has 3 heterocycles. The fraction of sp³-hybridized carbons (Fsp3) is 0.792. The van der Waals surface area contributed by atoms with Gasteiger partial charge in [-0.15, -0.1) is 0 Å². The molecule has 0 spiro atoms. The van der Waals surface area contributed by atoms with Gasteiger partial charge in [0.1, 0.15) is 6.10 Å². The van der Waals surface area contributed by atoms with E-state index in [9.17, 15) is 5.11 Å². The number of anilines is 1.